The summed E-state index contributed by atoms with van der Waals surface area (Å²) in [6.45, 7) is 6.52. The van der Waals surface area contributed by atoms with Crippen LogP contribution in [0.25, 0.3) is 11.0 Å². The standard InChI is InChI=1S/C24H27ClN2O4/c1-14-5-4-10-27(12-14)13-17-19(28)7-9-21-23(17)22(15(2)31-21)24(29)26-16-6-8-20(30-3)18(25)11-16/h6-9,11,14,28H,4-5,10,12-13H2,1-3H3,(H,26,29)/t14-/m0/s1. The van der Waals surface area contributed by atoms with Gasteiger partial charge in [-0.15, -0.1) is 0 Å². The highest BCUT2D eigenvalue weighted by Crippen LogP contribution is 2.36. The second-order valence-electron chi connectivity index (χ2n) is 8.26. The summed E-state index contributed by atoms with van der Waals surface area (Å²) in [5.41, 5.74) is 2.30. The third kappa shape index (κ3) is 4.36. The zero-order valence-corrected chi connectivity index (χ0v) is 18.8. The number of nitrogens with one attached hydrogen (secondary N) is 1. The first-order chi connectivity index (χ1) is 14.9. The van der Waals surface area contributed by atoms with Gasteiger partial charge in [-0.3, -0.25) is 9.69 Å². The van der Waals surface area contributed by atoms with Crippen LogP contribution in [0.4, 0.5) is 5.69 Å². The molecule has 1 aromatic heterocycles. The molecule has 0 radical (unpaired) electrons. The number of carbonyl (C=O) groups excluding carboxylic acids is 1. The summed E-state index contributed by atoms with van der Waals surface area (Å²) in [5.74, 6) is 1.52. The molecule has 0 unspecified atom stereocenters. The van der Waals surface area contributed by atoms with Gasteiger partial charge in [0.15, 0.2) is 0 Å². The van der Waals surface area contributed by atoms with Crippen molar-refractivity contribution in [3.63, 3.8) is 0 Å². The lowest BCUT2D eigenvalue weighted by atomic mass is 9.98. The van der Waals surface area contributed by atoms with E-state index >= 15 is 0 Å². The van der Waals surface area contributed by atoms with Gasteiger partial charge >= 0.3 is 0 Å². The quantitative estimate of drug-likeness (QED) is 0.538. The molecule has 2 heterocycles. The van der Waals surface area contributed by atoms with Crippen LogP contribution in [0.15, 0.2) is 34.7 Å². The minimum Gasteiger partial charge on any atom is -0.508 e. The summed E-state index contributed by atoms with van der Waals surface area (Å²) >= 11 is 6.20. The Labute approximate surface area is 186 Å². The van der Waals surface area contributed by atoms with E-state index in [9.17, 15) is 9.90 Å². The zero-order valence-electron chi connectivity index (χ0n) is 18.0. The average molecular weight is 443 g/mol. The first kappa shape index (κ1) is 21.5. The van der Waals surface area contributed by atoms with E-state index in [1.165, 1.54) is 13.5 Å². The molecule has 1 aliphatic heterocycles. The van der Waals surface area contributed by atoms with E-state index in [1.54, 1.807) is 37.3 Å². The maximum absolute atomic E-state index is 13.2. The van der Waals surface area contributed by atoms with Crippen molar-refractivity contribution in [2.45, 2.75) is 33.2 Å². The van der Waals surface area contributed by atoms with Crippen molar-refractivity contribution in [2.24, 2.45) is 5.92 Å². The topological polar surface area (TPSA) is 74.9 Å². The molecule has 0 spiro atoms. The van der Waals surface area contributed by atoms with Gasteiger partial charge in [-0.1, -0.05) is 18.5 Å². The Morgan fingerprint density at radius 3 is 2.87 bits per heavy atom. The van der Waals surface area contributed by atoms with E-state index in [1.807, 2.05) is 0 Å². The Balaban J connectivity index is 1.70. The highest BCUT2D eigenvalue weighted by molar-refractivity contribution is 6.32. The van der Waals surface area contributed by atoms with Crippen molar-refractivity contribution in [3.8, 4) is 11.5 Å². The number of halogens is 1. The van der Waals surface area contributed by atoms with Crippen LogP contribution in [0.2, 0.25) is 5.02 Å². The first-order valence-electron chi connectivity index (χ1n) is 10.5. The number of likely N-dealkylation sites (tertiary alicyclic amines) is 1. The van der Waals surface area contributed by atoms with E-state index in [4.69, 9.17) is 20.8 Å². The Morgan fingerprint density at radius 2 is 2.16 bits per heavy atom. The summed E-state index contributed by atoms with van der Waals surface area (Å²) < 4.78 is 11.1. The molecule has 3 aromatic rings. The number of anilines is 1. The normalized spacial score (nSPS) is 17.1. The summed E-state index contributed by atoms with van der Waals surface area (Å²) in [5, 5.41) is 14.6. The van der Waals surface area contributed by atoms with E-state index in [0.717, 1.165) is 25.1 Å². The first-order valence-corrected chi connectivity index (χ1v) is 10.9. The van der Waals surface area contributed by atoms with E-state index < -0.39 is 0 Å². The van der Waals surface area contributed by atoms with E-state index in [0.29, 0.717) is 51.2 Å². The molecule has 1 atom stereocenters. The molecule has 1 aliphatic rings. The molecule has 1 saturated heterocycles. The molecule has 0 bridgehead atoms. The van der Waals surface area contributed by atoms with Gasteiger partial charge in [0.1, 0.15) is 22.8 Å². The Morgan fingerprint density at radius 1 is 1.35 bits per heavy atom. The van der Waals surface area contributed by atoms with Gasteiger partial charge in [-0.25, -0.2) is 0 Å². The maximum atomic E-state index is 13.2. The molecular weight excluding hydrogens is 416 g/mol. The van der Waals surface area contributed by atoms with E-state index in [-0.39, 0.29) is 11.7 Å². The number of phenols is 1. The molecule has 7 heteroatoms. The highest BCUT2D eigenvalue weighted by atomic mass is 35.5. The fraction of sp³-hybridized carbons (Fsp3) is 0.375. The molecule has 31 heavy (non-hydrogen) atoms. The zero-order chi connectivity index (χ0) is 22.1. The lowest BCUT2D eigenvalue weighted by Crippen LogP contribution is -2.33. The molecule has 2 aromatic carbocycles. The summed E-state index contributed by atoms with van der Waals surface area (Å²) in [6, 6.07) is 8.42. The number of aryl methyl sites for hydroxylation is 1. The number of methoxy groups -OCH3 is 1. The number of ether oxygens (including phenoxy) is 1. The molecule has 0 aliphatic carbocycles. The van der Waals surface area contributed by atoms with Crippen LogP contribution in [0.1, 0.15) is 41.4 Å². The minimum atomic E-state index is -0.309. The number of nitrogens with zero attached hydrogens (tertiary/aromatic N) is 1. The highest BCUT2D eigenvalue weighted by Gasteiger charge is 2.25. The molecular formula is C24H27ClN2O4. The van der Waals surface area contributed by atoms with Gasteiger partial charge in [0.2, 0.25) is 0 Å². The van der Waals surface area contributed by atoms with Crippen LogP contribution in [0, 0.1) is 12.8 Å². The van der Waals surface area contributed by atoms with Crippen molar-refractivity contribution < 1.29 is 19.1 Å². The van der Waals surface area contributed by atoms with Gasteiger partial charge in [-0.05, 0) is 62.6 Å². The number of hydrogen-bond donors (Lipinski definition) is 2. The third-order valence-electron chi connectivity index (χ3n) is 5.87. The molecule has 1 fully saturated rings. The lowest BCUT2D eigenvalue weighted by molar-refractivity contribution is 0.102. The van der Waals surface area contributed by atoms with Gasteiger partial charge in [0.05, 0.1) is 17.7 Å². The molecule has 2 N–H and O–H groups in total. The third-order valence-corrected chi connectivity index (χ3v) is 6.17. The van der Waals surface area contributed by atoms with E-state index in [2.05, 4.69) is 17.1 Å². The van der Waals surface area contributed by atoms with Crippen LogP contribution in [-0.2, 0) is 6.54 Å². The molecule has 164 valence electrons. The van der Waals surface area contributed by atoms with Crippen LogP contribution < -0.4 is 10.1 Å². The fourth-order valence-corrected chi connectivity index (χ4v) is 4.65. The number of phenolic OH excluding ortho intramolecular Hbond substituents is 1. The van der Waals surface area contributed by atoms with Gasteiger partial charge < -0.3 is 19.6 Å². The molecule has 0 saturated carbocycles. The van der Waals surface area contributed by atoms with Crippen molar-refractivity contribution in [1.29, 1.82) is 0 Å². The van der Waals surface area contributed by atoms with Crippen molar-refractivity contribution in [2.75, 3.05) is 25.5 Å². The second-order valence-corrected chi connectivity index (χ2v) is 8.66. The number of carbonyl (C=O) groups is 1. The predicted octanol–water partition coefficient (Wildman–Crippen LogP) is 5.59. The lowest BCUT2D eigenvalue weighted by Gasteiger charge is -2.31. The summed E-state index contributed by atoms with van der Waals surface area (Å²) in [7, 11) is 1.54. The number of furan rings is 1. The predicted molar refractivity (Wildman–Crippen MR) is 122 cm³/mol. The van der Waals surface area contributed by atoms with Crippen molar-refractivity contribution in [1.82, 2.24) is 4.90 Å². The number of amides is 1. The number of rotatable bonds is 5. The van der Waals surface area contributed by atoms with Crippen LogP contribution in [0.5, 0.6) is 11.5 Å². The number of fused-ring (bicyclic) bond motifs is 1. The molecule has 6 nitrogen and oxygen atoms in total. The van der Waals surface area contributed by atoms with Crippen LogP contribution >= 0.6 is 11.6 Å². The Bertz CT molecular complexity index is 1120. The maximum Gasteiger partial charge on any atom is 0.259 e. The minimum absolute atomic E-state index is 0.174. The van der Waals surface area contributed by atoms with Crippen molar-refractivity contribution in [3.05, 3.63) is 52.2 Å². The van der Waals surface area contributed by atoms with Crippen molar-refractivity contribution >= 4 is 34.2 Å². The monoisotopic (exact) mass is 442 g/mol. The van der Waals surface area contributed by atoms with Gasteiger partial charge in [0, 0.05) is 29.7 Å². The molecule has 1 amide bonds. The van der Waals surface area contributed by atoms with Gasteiger partial charge in [0.25, 0.3) is 5.91 Å². The number of piperidine rings is 1. The average Bonchev–Trinajstić information content (AvgIpc) is 3.07. The fourth-order valence-electron chi connectivity index (χ4n) is 4.39. The van der Waals surface area contributed by atoms with Gasteiger partial charge in [-0.2, -0.15) is 0 Å². The van der Waals surface area contributed by atoms with Crippen LogP contribution in [0.3, 0.4) is 0 Å². The SMILES string of the molecule is COc1ccc(NC(=O)c2c(C)oc3ccc(O)c(CN4CCC[C@H](C)C4)c23)cc1Cl. The summed E-state index contributed by atoms with van der Waals surface area (Å²) in [6.07, 6.45) is 2.35. The number of aromatic hydroxyl groups is 1. The van der Waals surface area contributed by atoms with Crippen LogP contribution in [-0.4, -0.2) is 36.1 Å². The largest absolute Gasteiger partial charge is 0.508 e. The number of hydrogen-bond acceptors (Lipinski definition) is 5. The number of benzene rings is 2. The second kappa shape index (κ2) is 8.81. The smallest absolute Gasteiger partial charge is 0.259 e. The Hall–Kier alpha value is -2.70. The Kier molecular flexibility index (Phi) is 6.12. The summed E-state index contributed by atoms with van der Waals surface area (Å²) in [4.78, 5) is 15.6. The molecule has 4 rings (SSSR count).